The Kier molecular flexibility index (Phi) is 15.8. The maximum absolute atomic E-state index is 5.80. The second kappa shape index (κ2) is 17.3. The zero-order valence-electron chi connectivity index (χ0n) is 22.9. The van der Waals surface area contributed by atoms with Crippen LogP contribution in [0.2, 0.25) is 12.1 Å². The molecule has 0 aromatic carbocycles. The molecule has 2 unspecified atom stereocenters. The van der Waals surface area contributed by atoms with Gasteiger partial charge in [0.15, 0.2) is 0 Å². The zero-order chi connectivity index (χ0) is 27.0. The van der Waals surface area contributed by atoms with Crippen molar-refractivity contribution in [3.05, 3.63) is 37.0 Å². The number of hydrogen-bond donors (Lipinski definition) is 0. The summed E-state index contributed by atoms with van der Waals surface area (Å²) in [5, 5.41) is 0. The Morgan fingerprint density at radius 1 is 0.667 bits per heavy atom. The zero-order valence-corrected chi connectivity index (χ0v) is 24.9. The molecule has 0 aliphatic carbocycles. The monoisotopic (exact) mass is 550 g/mol. The van der Waals surface area contributed by atoms with E-state index in [1.54, 1.807) is 42.1 Å². The molecule has 36 heavy (non-hydrogen) atoms. The van der Waals surface area contributed by atoms with E-state index in [9.17, 15) is 0 Å². The van der Waals surface area contributed by atoms with Crippen molar-refractivity contribution in [2.45, 2.75) is 57.9 Å². The van der Waals surface area contributed by atoms with Crippen molar-refractivity contribution >= 4 is 17.6 Å². The number of epoxide rings is 2. The van der Waals surface area contributed by atoms with E-state index in [-0.39, 0.29) is 6.10 Å². The van der Waals surface area contributed by atoms with Crippen LogP contribution in [0.5, 0.6) is 0 Å². The maximum Gasteiger partial charge on any atom is 0.698 e. The largest absolute Gasteiger partial charge is 0.698 e. The molecule has 12 heteroatoms. The number of rotatable bonds is 21. The van der Waals surface area contributed by atoms with E-state index in [2.05, 4.69) is 19.7 Å². The number of ether oxygens (including phenoxy) is 4. The van der Waals surface area contributed by atoms with Crippen molar-refractivity contribution in [1.82, 2.24) is 0 Å². The van der Waals surface area contributed by atoms with Gasteiger partial charge < -0.3 is 45.5 Å². The van der Waals surface area contributed by atoms with Gasteiger partial charge in [-0.05, 0) is 33.6 Å². The minimum atomic E-state index is -2.96. The molecule has 0 radical (unpaired) electrons. The van der Waals surface area contributed by atoms with Crippen molar-refractivity contribution < 1.29 is 45.5 Å². The molecule has 0 aromatic rings. The van der Waals surface area contributed by atoms with Crippen LogP contribution in [0.15, 0.2) is 37.0 Å². The van der Waals surface area contributed by atoms with Crippen LogP contribution < -0.4 is 0 Å². The molecule has 2 heterocycles. The van der Waals surface area contributed by atoms with Crippen molar-refractivity contribution in [2.24, 2.45) is 0 Å². The van der Waals surface area contributed by atoms with E-state index in [0.29, 0.717) is 55.9 Å². The van der Waals surface area contributed by atoms with Gasteiger partial charge in [0, 0.05) is 40.6 Å². The summed E-state index contributed by atoms with van der Waals surface area (Å²) in [6.07, 6.45) is 2.25. The molecule has 2 saturated heterocycles. The standard InChI is InChI=1S/C15H26O5Si.C9H20O5Si/c1-12(2)18-21(19-13(3)4,20-14(5)6)9-7-8-16-10-15-11-17-15;1-10-15(11-2,12-3)6-4-5-13-7-9-8-14-9/h15H,1,3,5,7-11H2,2,4,6H3;9H,4-8H2,1-3H3. The molecular formula is C24H46O10Si2. The first kappa shape index (κ1) is 32.8. The Labute approximate surface area is 219 Å². The van der Waals surface area contributed by atoms with Crippen molar-refractivity contribution in [2.75, 3.05) is 61.0 Å². The molecule has 0 bridgehead atoms. The summed E-state index contributed by atoms with van der Waals surface area (Å²) < 4.78 is 54.3. The van der Waals surface area contributed by atoms with Crippen LogP contribution in [-0.4, -0.2) is 90.8 Å². The quantitative estimate of drug-likeness (QED) is 0.0901. The summed E-state index contributed by atoms with van der Waals surface area (Å²) in [6, 6.07) is 1.38. The Bertz CT molecular complexity index is 614. The highest BCUT2D eigenvalue weighted by Crippen LogP contribution is 2.25. The first-order valence-electron chi connectivity index (χ1n) is 12.2. The van der Waals surface area contributed by atoms with Crippen molar-refractivity contribution in [3.8, 4) is 0 Å². The number of allylic oxidation sites excluding steroid dienone is 3. The normalized spacial score (nSPS) is 18.5. The van der Waals surface area contributed by atoms with Gasteiger partial charge in [-0.1, -0.05) is 19.7 Å². The van der Waals surface area contributed by atoms with Crippen LogP contribution in [-0.2, 0) is 45.5 Å². The van der Waals surface area contributed by atoms with Gasteiger partial charge in [-0.25, -0.2) is 0 Å². The molecule has 2 aliphatic heterocycles. The molecule has 0 amide bonds. The first-order chi connectivity index (χ1) is 17.1. The van der Waals surface area contributed by atoms with Gasteiger partial charge >= 0.3 is 17.6 Å². The average molecular weight is 551 g/mol. The highest BCUT2D eigenvalue weighted by atomic mass is 28.4. The lowest BCUT2D eigenvalue weighted by Gasteiger charge is -2.30. The highest BCUT2D eigenvalue weighted by Gasteiger charge is 2.48. The van der Waals surface area contributed by atoms with Gasteiger partial charge in [-0.15, -0.1) is 0 Å². The molecular weight excluding hydrogens is 504 g/mol. The second-order valence-electron chi connectivity index (χ2n) is 8.66. The minimum Gasteiger partial charge on any atom is -0.488 e. The molecule has 2 aliphatic rings. The van der Waals surface area contributed by atoms with Crippen LogP contribution in [0, 0.1) is 0 Å². The molecule has 0 N–H and O–H groups in total. The van der Waals surface area contributed by atoms with E-state index in [1.165, 1.54) is 0 Å². The summed E-state index contributed by atoms with van der Waals surface area (Å²) in [5.74, 6) is 1.66. The fourth-order valence-corrected chi connectivity index (χ4v) is 7.40. The van der Waals surface area contributed by atoms with Gasteiger partial charge in [0.2, 0.25) is 0 Å². The van der Waals surface area contributed by atoms with E-state index >= 15 is 0 Å². The van der Waals surface area contributed by atoms with Crippen LogP contribution >= 0.6 is 0 Å². The smallest absolute Gasteiger partial charge is 0.488 e. The first-order valence-corrected chi connectivity index (χ1v) is 16.0. The van der Waals surface area contributed by atoms with E-state index in [1.807, 2.05) is 0 Å². The lowest BCUT2D eigenvalue weighted by molar-refractivity contribution is 0.100. The Morgan fingerprint density at radius 2 is 1.00 bits per heavy atom. The highest BCUT2D eigenvalue weighted by molar-refractivity contribution is 6.61. The Hall–Kier alpha value is -1.23. The van der Waals surface area contributed by atoms with E-state index in [4.69, 9.17) is 45.5 Å². The van der Waals surface area contributed by atoms with Crippen LogP contribution in [0.25, 0.3) is 0 Å². The molecule has 10 nitrogen and oxygen atoms in total. The summed E-state index contributed by atoms with van der Waals surface area (Å²) in [5.41, 5.74) is 0. The lowest BCUT2D eigenvalue weighted by atomic mass is 10.5. The molecule has 2 atom stereocenters. The molecule has 2 rings (SSSR count). The van der Waals surface area contributed by atoms with Gasteiger partial charge in [0.25, 0.3) is 0 Å². The fourth-order valence-electron chi connectivity index (χ4n) is 3.11. The van der Waals surface area contributed by atoms with Gasteiger partial charge in [-0.2, -0.15) is 0 Å². The van der Waals surface area contributed by atoms with Crippen LogP contribution in [0.4, 0.5) is 0 Å². The van der Waals surface area contributed by atoms with Gasteiger partial charge in [0.1, 0.15) is 12.2 Å². The van der Waals surface area contributed by atoms with E-state index in [0.717, 1.165) is 32.1 Å². The summed E-state index contributed by atoms with van der Waals surface area (Å²) in [7, 11) is -0.477. The molecule has 0 saturated carbocycles. The predicted octanol–water partition coefficient (Wildman–Crippen LogP) is 4.05. The Balaban J connectivity index is 0.000000381. The SMILES string of the molecule is C=C(C)O[Si](CCCOCC1CO1)(OC(=C)C)OC(=C)C.CO[Si](CCCOCC1CO1)(OC)OC. The Morgan fingerprint density at radius 3 is 1.28 bits per heavy atom. The molecule has 210 valence electrons. The third kappa shape index (κ3) is 15.1. The van der Waals surface area contributed by atoms with Gasteiger partial charge in [0.05, 0.1) is 49.7 Å². The van der Waals surface area contributed by atoms with Gasteiger partial charge in [-0.3, -0.25) is 0 Å². The predicted molar refractivity (Wildman–Crippen MR) is 140 cm³/mol. The molecule has 2 fully saturated rings. The van der Waals surface area contributed by atoms with E-state index < -0.39 is 17.6 Å². The van der Waals surface area contributed by atoms with Crippen molar-refractivity contribution in [3.63, 3.8) is 0 Å². The van der Waals surface area contributed by atoms with Crippen molar-refractivity contribution in [1.29, 1.82) is 0 Å². The summed E-state index contributed by atoms with van der Waals surface area (Å²) in [6.45, 7) is 20.9. The minimum absolute atomic E-state index is 0.275. The average Bonchev–Trinajstić information content (AvgIpc) is 3.71. The second-order valence-corrected chi connectivity index (χ2v) is 14.2. The van der Waals surface area contributed by atoms with Crippen LogP contribution in [0.3, 0.4) is 0 Å². The summed E-state index contributed by atoms with van der Waals surface area (Å²) in [4.78, 5) is 0. The fraction of sp³-hybridized carbons (Fsp3) is 0.750. The third-order valence-corrected chi connectivity index (χ3v) is 10.7. The summed E-state index contributed by atoms with van der Waals surface area (Å²) >= 11 is 0. The molecule has 0 aromatic heterocycles. The lowest BCUT2D eigenvalue weighted by Crippen LogP contribution is -2.44. The third-order valence-electron chi connectivity index (χ3n) is 4.88. The van der Waals surface area contributed by atoms with Crippen LogP contribution in [0.1, 0.15) is 33.6 Å². The molecule has 0 spiro atoms. The maximum atomic E-state index is 5.80. The number of hydrogen-bond acceptors (Lipinski definition) is 10. The topological polar surface area (TPSA) is 98.9 Å².